The largest absolute Gasteiger partial charge is 0.349 e. The zero-order chi connectivity index (χ0) is 14.9. The van der Waals surface area contributed by atoms with Crippen LogP contribution in [-0.4, -0.2) is 44.8 Å². The molecular formula is C15H20N4O2. The lowest BCUT2D eigenvalue weighted by molar-refractivity contribution is -0.123. The molecule has 0 spiro atoms. The van der Waals surface area contributed by atoms with E-state index in [2.05, 4.69) is 22.2 Å². The van der Waals surface area contributed by atoms with Crippen molar-refractivity contribution >= 4 is 11.8 Å². The molecule has 2 saturated heterocycles. The molecule has 0 aliphatic carbocycles. The van der Waals surface area contributed by atoms with E-state index in [4.69, 9.17) is 0 Å². The second-order valence-corrected chi connectivity index (χ2v) is 6.07. The van der Waals surface area contributed by atoms with Gasteiger partial charge in [0, 0.05) is 25.4 Å². The highest BCUT2D eigenvalue weighted by Crippen LogP contribution is 2.33. The van der Waals surface area contributed by atoms with Gasteiger partial charge >= 0.3 is 0 Å². The van der Waals surface area contributed by atoms with E-state index in [9.17, 15) is 9.59 Å². The molecule has 2 amide bonds. The molecule has 2 fully saturated rings. The first-order chi connectivity index (χ1) is 10.1. The number of nitrogens with one attached hydrogen (secondary N) is 1. The molecule has 2 atom stereocenters. The smallest absolute Gasteiger partial charge is 0.274 e. The highest BCUT2D eigenvalue weighted by Gasteiger charge is 2.45. The summed E-state index contributed by atoms with van der Waals surface area (Å²) in [7, 11) is 0. The molecule has 1 aromatic rings. The van der Waals surface area contributed by atoms with E-state index in [-0.39, 0.29) is 23.4 Å². The van der Waals surface area contributed by atoms with Gasteiger partial charge in [-0.1, -0.05) is 0 Å². The van der Waals surface area contributed by atoms with E-state index >= 15 is 0 Å². The summed E-state index contributed by atoms with van der Waals surface area (Å²) in [5, 5.41) is 3.12. The number of carbonyl (C=O) groups excluding carboxylic acids is 2. The summed E-state index contributed by atoms with van der Waals surface area (Å²) < 4.78 is 0. The first-order valence-corrected chi connectivity index (χ1v) is 7.48. The molecule has 0 saturated carbocycles. The van der Waals surface area contributed by atoms with Crippen molar-refractivity contribution in [2.24, 2.45) is 0 Å². The quantitative estimate of drug-likeness (QED) is 0.841. The number of hydrogen-bond acceptors (Lipinski definition) is 4. The number of carbonyl (C=O) groups is 2. The minimum absolute atomic E-state index is 0.0345. The number of likely N-dealkylation sites (tertiary alicyclic amines) is 1. The molecule has 6 nitrogen and oxygen atoms in total. The van der Waals surface area contributed by atoms with Crippen LogP contribution in [0.3, 0.4) is 0 Å². The van der Waals surface area contributed by atoms with Crippen molar-refractivity contribution in [3.05, 3.63) is 24.3 Å². The summed E-state index contributed by atoms with van der Waals surface area (Å²) in [6, 6.07) is 0.0345. The molecule has 2 aliphatic rings. The van der Waals surface area contributed by atoms with Crippen LogP contribution < -0.4 is 5.32 Å². The maximum atomic E-state index is 12.7. The van der Waals surface area contributed by atoms with Crippen LogP contribution in [0.4, 0.5) is 0 Å². The summed E-state index contributed by atoms with van der Waals surface area (Å²) in [5.74, 6) is 0.00368. The van der Waals surface area contributed by atoms with Gasteiger partial charge in [-0.15, -0.1) is 0 Å². The molecule has 3 rings (SSSR count). The summed E-state index contributed by atoms with van der Waals surface area (Å²) >= 11 is 0. The second-order valence-electron chi connectivity index (χ2n) is 6.07. The van der Waals surface area contributed by atoms with Gasteiger partial charge in [0.1, 0.15) is 5.69 Å². The van der Waals surface area contributed by atoms with Crippen LogP contribution in [0.2, 0.25) is 0 Å². The standard InChI is InChI=1S/C15H20N4O2/c1-15-6-3-9-19(12(15)4-2-5-13(20)18-15)14(21)11-10-16-7-8-17-11/h7-8,10,12H,2-6,9H2,1H3,(H,18,20)/t12-,15-/m0/s1. The van der Waals surface area contributed by atoms with Gasteiger partial charge in [-0.3, -0.25) is 14.6 Å². The van der Waals surface area contributed by atoms with Crippen LogP contribution in [0, 0.1) is 0 Å². The van der Waals surface area contributed by atoms with E-state index < -0.39 is 0 Å². The number of amides is 2. The Bertz CT molecular complexity index is 548. The molecule has 0 aromatic carbocycles. The number of rotatable bonds is 1. The van der Waals surface area contributed by atoms with Gasteiger partial charge in [0.15, 0.2) is 0 Å². The Labute approximate surface area is 124 Å². The lowest BCUT2D eigenvalue weighted by Gasteiger charge is -2.47. The van der Waals surface area contributed by atoms with Crippen LogP contribution in [0.1, 0.15) is 49.5 Å². The zero-order valence-electron chi connectivity index (χ0n) is 12.2. The number of hydrogen-bond donors (Lipinski definition) is 1. The Hall–Kier alpha value is -1.98. The van der Waals surface area contributed by atoms with Gasteiger partial charge in [-0.2, -0.15) is 0 Å². The fourth-order valence-corrected chi connectivity index (χ4v) is 3.54. The third-order valence-corrected chi connectivity index (χ3v) is 4.56. The van der Waals surface area contributed by atoms with E-state index in [0.717, 1.165) is 25.7 Å². The molecule has 2 aliphatic heterocycles. The van der Waals surface area contributed by atoms with Crippen molar-refractivity contribution in [3.8, 4) is 0 Å². The minimum atomic E-state index is -0.330. The summed E-state index contributed by atoms with van der Waals surface area (Å²) in [6.07, 6.45) is 8.60. The molecule has 3 heterocycles. The molecule has 6 heteroatoms. The van der Waals surface area contributed by atoms with Crippen LogP contribution in [0.5, 0.6) is 0 Å². The summed E-state index contributed by atoms with van der Waals surface area (Å²) in [5.41, 5.74) is 0.0429. The van der Waals surface area contributed by atoms with E-state index in [1.165, 1.54) is 12.4 Å². The number of nitrogens with zero attached hydrogens (tertiary/aromatic N) is 3. The van der Waals surface area contributed by atoms with Crippen molar-refractivity contribution in [3.63, 3.8) is 0 Å². The number of fused-ring (bicyclic) bond motifs is 1. The Morgan fingerprint density at radius 1 is 1.43 bits per heavy atom. The summed E-state index contributed by atoms with van der Waals surface area (Å²) in [4.78, 5) is 34.5. The van der Waals surface area contributed by atoms with Gasteiger partial charge in [0.2, 0.25) is 5.91 Å². The average Bonchev–Trinajstić information content (AvgIpc) is 2.64. The first-order valence-electron chi connectivity index (χ1n) is 7.48. The Kier molecular flexibility index (Phi) is 3.61. The molecule has 1 N–H and O–H groups in total. The summed E-state index contributed by atoms with van der Waals surface area (Å²) in [6.45, 7) is 2.77. The van der Waals surface area contributed by atoms with Gasteiger partial charge < -0.3 is 10.2 Å². The fourth-order valence-electron chi connectivity index (χ4n) is 3.54. The van der Waals surface area contributed by atoms with Crippen molar-refractivity contribution in [1.82, 2.24) is 20.2 Å². The topological polar surface area (TPSA) is 75.2 Å². The monoisotopic (exact) mass is 288 g/mol. The number of piperidine rings is 1. The molecule has 21 heavy (non-hydrogen) atoms. The van der Waals surface area contributed by atoms with Gasteiger partial charge in [0.25, 0.3) is 5.91 Å². The molecule has 112 valence electrons. The van der Waals surface area contributed by atoms with Gasteiger partial charge in [0.05, 0.1) is 17.8 Å². The first kappa shape index (κ1) is 14.0. The van der Waals surface area contributed by atoms with Crippen molar-refractivity contribution < 1.29 is 9.59 Å². The molecular weight excluding hydrogens is 268 g/mol. The molecule has 1 aromatic heterocycles. The van der Waals surface area contributed by atoms with Crippen LogP contribution >= 0.6 is 0 Å². The fraction of sp³-hybridized carbons (Fsp3) is 0.600. The van der Waals surface area contributed by atoms with Crippen LogP contribution in [-0.2, 0) is 4.79 Å². The third-order valence-electron chi connectivity index (χ3n) is 4.56. The van der Waals surface area contributed by atoms with Crippen molar-refractivity contribution in [1.29, 1.82) is 0 Å². The highest BCUT2D eigenvalue weighted by atomic mass is 16.2. The Morgan fingerprint density at radius 3 is 3.05 bits per heavy atom. The Balaban J connectivity index is 1.88. The normalized spacial score (nSPS) is 29.3. The minimum Gasteiger partial charge on any atom is -0.349 e. The average molecular weight is 288 g/mol. The predicted molar refractivity (Wildman–Crippen MR) is 76.5 cm³/mol. The van der Waals surface area contributed by atoms with Crippen molar-refractivity contribution in [2.75, 3.05) is 6.54 Å². The third kappa shape index (κ3) is 2.62. The maximum absolute atomic E-state index is 12.7. The second kappa shape index (κ2) is 5.42. The van der Waals surface area contributed by atoms with Gasteiger partial charge in [-0.25, -0.2) is 4.98 Å². The molecule has 0 unspecified atom stereocenters. The van der Waals surface area contributed by atoms with Crippen LogP contribution in [0.25, 0.3) is 0 Å². The predicted octanol–water partition coefficient (Wildman–Crippen LogP) is 1.14. The van der Waals surface area contributed by atoms with Crippen molar-refractivity contribution in [2.45, 2.75) is 50.6 Å². The van der Waals surface area contributed by atoms with Crippen LogP contribution in [0.15, 0.2) is 18.6 Å². The van der Waals surface area contributed by atoms with E-state index in [1.54, 1.807) is 6.20 Å². The lowest BCUT2D eigenvalue weighted by atomic mass is 9.81. The van der Waals surface area contributed by atoms with E-state index in [1.807, 2.05) is 4.90 Å². The Morgan fingerprint density at radius 2 is 2.29 bits per heavy atom. The molecule has 0 bridgehead atoms. The molecule has 0 radical (unpaired) electrons. The SMILES string of the molecule is C[C@]12CCCN(C(=O)c3cnccn3)[C@H]1CCCC(=O)N2. The van der Waals surface area contributed by atoms with E-state index in [0.29, 0.717) is 18.7 Å². The number of aromatic nitrogens is 2. The zero-order valence-corrected chi connectivity index (χ0v) is 12.2. The maximum Gasteiger partial charge on any atom is 0.274 e. The van der Waals surface area contributed by atoms with Gasteiger partial charge in [-0.05, 0) is 32.6 Å². The lowest BCUT2D eigenvalue weighted by Crippen LogP contribution is -2.63. The highest BCUT2D eigenvalue weighted by molar-refractivity contribution is 5.92.